The Hall–Kier alpha value is -3.44. The summed E-state index contributed by atoms with van der Waals surface area (Å²) in [5, 5.41) is 0. The van der Waals surface area contributed by atoms with Crippen LogP contribution >= 0.6 is 17.2 Å². The molecule has 228 valence electrons. The van der Waals surface area contributed by atoms with E-state index in [2.05, 4.69) is 36.4 Å². The maximum atomic E-state index is 8.88. The maximum absolute atomic E-state index is 8.88. The fraction of sp³-hybridized carbons (Fsp3) is 0.167. The molecular formula is C36H38O6P2. The maximum Gasteiger partial charge on any atom is 0.391 e. The van der Waals surface area contributed by atoms with Gasteiger partial charge in [-0.05, 0) is 47.6 Å². The molecule has 0 fully saturated rings. The van der Waals surface area contributed by atoms with Gasteiger partial charge in [0.2, 0.25) is 0 Å². The molecule has 0 spiro atoms. The van der Waals surface area contributed by atoms with Crippen molar-refractivity contribution in [3.63, 3.8) is 0 Å². The molecule has 0 bridgehead atoms. The summed E-state index contributed by atoms with van der Waals surface area (Å²) in [6, 6.07) is 47.9. The molecule has 0 unspecified atom stereocenters. The monoisotopic (exact) mass is 628 g/mol. The SMILES string of the molecule is OP(O)Oc1ccccc1-c1ccccc1.c1ccc(CCOP(OCCc2ccccc2)OCCc2ccccc2)cc1. The zero-order valence-corrected chi connectivity index (χ0v) is 26.3. The third-order valence-electron chi connectivity index (χ3n) is 6.44. The van der Waals surface area contributed by atoms with Crippen LogP contribution in [0.5, 0.6) is 5.75 Å². The molecular weight excluding hydrogens is 590 g/mol. The van der Waals surface area contributed by atoms with Crippen molar-refractivity contribution in [2.75, 3.05) is 19.8 Å². The van der Waals surface area contributed by atoms with Crippen molar-refractivity contribution in [3.05, 3.63) is 162 Å². The molecule has 0 aliphatic rings. The fourth-order valence-corrected chi connectivity index (χ4v) is 5.53. The zero-order valence-electron chi connectivity index (χ0n) is 24.5. The highest BCUT2D eigenvalue weighted by Crippen LogP contribution is 2.40. The highest BCUT2D eigenvalue weighted by atomic mass is 31.2. The molecule has 2 N–H and O–H groups in total. The first-order valence-electron chi connectivity index (χ1n) is 14.5. The van der Waals surface area contributed by atoms with Gasteiger partial charge in [-0.3, -0.25) is 0 Å². The van der Waals surface area contributed by atoms with Gasteiger partial charge in [-0.2, -0.15) is 0 Å². The van der Waals surface area contributed by atoms with E-state index in [0.29, 0.717) is 25.6 Å². The zero-order chi connectivity index (χ0) is 30.7. The molecule has 0 saturated carbocycles. The lowest BCUT2D eigenvalue weighted by atomic mass is 10.1. The predicted molar refractivity (Wildman–Crippen MR) is 179 cm³/mol. The van der Waals surface area contributed by atoms with Crippen LogP contribution in [0.25, 0.3) is 11.1 Å². The molecule has 0 amide bonds. The standard InChI is InChI=1S/C24H27O3P.C12H11O3P/c1-4-10-22(11-5-1)16-19-25-28(26-20-17-23-12-6-2-7-13-23)27-21-18-24-14-8-3-9-15-24;13-16(14)15-12-9-5-4-8-11(12)10-6-2-1-3-7-10/h1-15H,16-21H2;1-9,13-14H. The predicted octanol–water partition coefficient (Wildman–Crippen LogP) is 8.94. The Balaban J connectivity index is 0.000000233. The van der Waals surface area contributed by atoms with Crippen LogP contribution in [0.2, 0.25) is 0 Å². The van der Waals surface area contributed by atoms with E-state index in [-0.39, 0.29) is 0 Å². The molecule has 0 saturated heterocycles. The average Bonchev–Trinajstić information content (AvgIpc) is 3.07. The number of rotatable bonds is 15. The quantitative estimate of drug-likeness (QED) is 0.113. The van der Waals surface area contributed by atoms with Gasteiger partial charge in [0.15, 0.2) is 0 Å². The van der Waals surface area contributed by atoms with E-state index in [0.717, 1.165) is 30.4 Å². The van der Waals surface area contributed by atoms with Crippen molar-refractivity contribution in [1.82, 2.24) is 0 Å². The van der Waals surface area contributed by atoms with Gasteiger partial charge >= 0.3 is 17.2 Å². The second-order valence-corrected chi connectivity index (χ2v) is 11.5. The summed E-state index contributed by atoms with van der Waals surface area (Å²) in [5.74, 6) is 0.477. The van der Waals surface area contributed by atoms with Gasteiger partial charge in [0.1, 0.15) is 5.75 Å². The first-order valence-corrected chi connectivity index (χ1v) is 16.7. The minimum absolute atomic E-state index is 0.477. The Kier molecular flexibility index (Phi) is 15.0. The first-order chi connectivity index (χ1) is 21.7. The smallest absolute Gasteiger partial charge is 0.391 e. The lowest BCUT2D eigenvalue weighted by Gasteiger charge is -2.17. The third kappa shape index (κ3) is 12.7. The topological polar surface area (TPSA) is 77.4 Å². The molecule has 0 atom stereocenters. The lowest BCUT2D eigenvalue weighted by Crippen LogP contribution is -2.04. The van der Waals surface area contributed by atoms with Crippen LogP contribution in [-0.2, 0) is 32.8 Å². The summed E-state index contributed by atoms with van der Waals surface area (Å²) in [7, 11) is -3.73. The van der Waals surface area contributed by atoms with Crippen LogP contribution < -0.4 is 4.52 Å². The summed E-state index contributed by atoms with van der Waals surface area (Å²) < 4.78 is 22.8. The van der Waals surface area contributed by atoms with Gasteiger partial charge in [-0.25, -0.2) is 0 Å². The molecule has 44 heavy (non-hydrogen) atoms. The second kappa shape index (κ2) is 19.8. The molecule has 0 aliphatic heterocycles. The van der Waals surface area contributed by atoms with Crippen LogP contribution in [0.1, 0.15) is 16.7 Å². The molecule has 0 aromatic heterocycles. The van der Waals surface area contributed by atoms with Gasteiger partial charge in [0, 0.05) is 5.56 Å². The van der Waals surface area contributed by atoms with E-state index in [1.54, 1.807) is 12.1 Å². The number of hydrogen-bond acceptors (Lipinski definition) is 6. The Morgan fingerprint density at radius 3 is 1.20 bits per heavy atom. The third-order valence-corrected chi connectivity index (χ3v) is 7.98. The van der Waals surface area contributed by atoms with E-state index in [9.17, 15) is 0 Å². The van der Waals surface area contributed by atoms with Gasteiger partial charge in [0.05, 0.1) is 19.8 Å². The highest BCUT2D eigenvalue weighted by molar-refractivity contribution is 7.41. The van der Waals surface area contributed by atoms with E-state index >= 15 is 0 Å². The number of para-hydroxylation sites is 1. The normalized spacial score (nSPS) is 10.8. The summed E-state index contributed by atoms with van der Waals surface area (Å²) in [6.07, 6.45) is 2.55. The molecule has 5 rings (SSSR count). The van der Waals surface area contributed by atoms with Gasteiger partial charge < -0.3 is 27.9 Å². The summed E-state index contributed by atoms with van der Waals surface area (Å²) in [4.78, 5) is 17.8. The first kappa shape index (κ1) is 33.5. The average molecular weight is 629 g/mol. The minimum Gasteiger partial charge on any atom is -0.426 e. The molecule has 0 heterocycles. The molecule has 0 aliphatic carbocycles. The van der Waals surface area contributed by atoms with Gasteiger partial charge in [-0.1, -0.05) is 140 Å². The molecule has 5 aromatic carbocycles. The summed E-state index contributed by atoms with van der Waals surface area (Å²) in [5.41, 5.74) is 5.59. The van der Waals surface area contributed by atoms with Crippen LogP contribution in [0.15, 0.2) is 146 Å². The Labute approximate surface area is 262 Å². The van der Waals surface area contributed by atoms with Gasteiger partial charge in [0.25, 0.3) is 0 Å². The van der Waals surface area contributed by atoms with E-state index < -0.39 is 17.2 Å². The van der Waals surface area contributed by atoms with Crippen LogP contribution in [-0.4, -0.2) is 29.6 Å². The Bertz CT molecular complexity index is 1330. The highest BCUT2D eigenvalue weighted by Gasteiger charge is 2.13. The lowest BCUT2D eigenvalue weighted by molar-refractivity contribution is 0.163. The van der Waals surface area contributed by atoms with Crippen LogP contribution in [0, 0.1) is 0 Å². The number of benzene rings is 5. The number of hydrogen-bond donors (Lipinski definition) is 2. The van der Waals surface area contributed by atoms with Crippen LogP contribution in [0.3, 0.4) is 0 Å². The van der Waals surface area contributed by atoms with Crippen molar-refractivity contribution in [2.24, 2.45) is 0 Å². The van der Waals surface area contributed by atoms with E-state index in [4.69, 9.17) is 27.9 Å². The minimum atomic E-state index is -2.38. The molecule has 6 nitrogen and oxygen atoms in total. The van der Waals surface area contributed by atoms with Crippen molar-refractivity contribution in [3.8, 4) is 16.9 Å². The van der Waals surface area contributed by atoms with E-state index in [1.165, 1.54) is 16.7 Å². The van der Waals surface area contributed by atoms with Crippen molar-refractivity contribution < 1.29 is 27.9 Å². The van der Waals surface area contributed by atoms with Crippen molar-refractivity contribution in [2.45, 2.75) is 19.3 Å². The van der Waals surface area contributed by atoms with Gasteiger partial charge in [-0.15, -0.1) is 0 Å². The molecule has 8 heteroatoms. The Morgan fingerprint density at radius 1 is 0.432 bits per heavy atom. The van der Waals surface area contributed by atoms with Crippen molar-refractivity contribution >= 4 is 17.2 Å². The fourth-order valence-electron chi connectivity index (χ4n) is 4.25. The van der Waals surface area contributed by atoms with Crippen molar-refractivity contribution in [1.29, 1.82) is 0 Å². The largest absolute Gasteiger partial charge is 0.426 e. The molecule has 0 radical (unpaired) electrons. The van der Waals surface area contributed by atoms with E-state index in [1.807, 2.05) is 97.1 Å². The summed E-state index contributed by atoms with van der Waals surface area (Å²) >= 11 is 0. The molecule has 5 aromatic rings. The van der Waals surface area contributed by atoms with Crippen LogP contribution in [0.4, 0.5) is 0 Å². The summed E-state index contributed by atoms with van der Waals surface area (Å²) in [6.45, 7) is 1.77. The Morgan fingerprint density at radius 2 is 0.795 bits per heavy atom. The second-order valence-electron chi connectivity index (χ2n) is 9.64.